The molecule has 0 saturated carbocycles. The van der Waals surface area contributed by atoms with Gasteiger partial charge in [-0.05, 0) is 24.5 Å². The van der Waals surface area contributed by atoms with Crippen molar-refractivity contribution in [2.24, 2.45) is 0 Å². The number of aromatic nitrogens is 1. The monoisotopic (exact) mass is 313 g/mol. The average Bonchev–Trinajstić information content (AvgIpc) is 3.01. The standard InChI is InChI=1S/C13H16ClN3S2/c1-17(2)13-16-7-8(18-13)6-15-10-3-4-11-9(10)5-12(14)19-11/h5,7,10,15H,3-4,6H2,1-2H3/t10-/m0/s1. The number of aryl methyl sites for hydroxylation is 1. The van der Waals surface area contributed by atoms with E-state index in [4.69, 9.17) is 11.6 Å². The van der Waals surface area contributed by atoms with Crippen LogP contribution < -0.4 is 10.2 Å². The first kappa shape index (κ1) is 13.4. The highest BCUT2D eigenvalue weighted by Gasteiger charge is 2.24. The van der Waals surface area contributed by atoms with Gasteiger partial charge in [0, 0.05) is 42.6 Å². The number of halogens is 1. The number of fused-ring (bicyclic) bond motifs is 1. The summed E-state index contributed by atoms with van der Waals surface area (Å²) in [6, 6.07) is 2.56. The maximum absolute atomic E-state index is 6.08. The molecule has 0 fully saturated rings. The molecular formula is C13H16ClN3S2. The second-order valence-electron chi connectivity index (χ2n) is 4.90. The van der Waals surface area contributed by atoms with Crippen molar-refractivity contribution in [1.82, 2.24) is 10.3 Å². The Kier molecular flexibility index (Phi) is 3.80. The maximum atomic E-state index is 6.08. The van der Waals surface area contributed by atoms with Crippen molar-refractivity contribution in [1.29, 1.82) is 0 Å². The van der Waals surface area contributed by atoms with Gasteiger partial charge in [0.15, 0.2) is 5.13 Å². The Bertz CT molecular complexity index is 576. The molecule has 2 heterocycles. The average molecular weight is 314 g/mol. The van der Waals surface area contributed by atoms with E-state index in [1.165, 1.54) is 21.7 Å². The lowest BCUT2D eigenvalue weighted by Crippen LogP contribution is -2.17. The topological polar surface area (TPSA) is 28.2 Å². The summed E-state index contributed by atoms with van der Waals surface area (Å²) in [5.74, 6) is 0. The second kappa shape index (κ2) is 5.40. The Morgan fingerprint density at radius 1 is 1.47 bits per heavy atom. The molecule has 1 aliphatic carbocycles. The quantitative estimate of drug-likeness (QED) is 0.933. The highest BCUT2D eigenvalue weighted by Crippen LogP contribution is 2.39. The molecule has 0 bridgehead atoms. The van der Waals surface area contributed by atoms with Crippen LogP contribution in [0.5, 0.6) is 0 Å². The summed E-state index contributed by atoms with van der Waals surface area (Å²) >= 11 is 9.54. The minimum Gasteiger partial charge on any atom is -0.354 e. The smallest absolute Gasteiger partial charge is 0.185 e. The van der Waals surface area contributed by atoms with Crippen LogP contribution in [0.1, 0.15) is 27.8 Å². The molecule has 2 aromatic rings. The van der Waals surface area contributed by atoms with E-state index >= 15 is 0 Å². The van der Waals surface area contributed by atoms with E-state index in [1.807, 2.05) is 25.2 Å². The van der Waals surface area contributed by atoms with Gasteiger partial charge < -0.3 is 10.2 Å². The van der Waals surface area contributed by atoms with Crippen molar-refractivity contribution in [2.45, 2.75) is 25.4 Å². The third kappa shape index (κ3) is 2.79. The van der Waals surface area contributed by atoms with Crippen LogP contribution in [-0.2, 0) is 13.0 Å². The number of nitrogens with one attached hydrogen (secondary N) is 1. The zero-order chi connectivity index (χ0) is 13.4. The SMILES string of the molecule is CN(C)c1ncc(CN[C@H]2CCc3sc(Cl)cc32)s1. The number of hydrogen-bond donors (Lipinski definition) is 1. The summed E-state index contributed by atoms with van der Waals surface area (Å²) < 4.78 is 0.907. The number of anilines is 1. The third-order valence-corrected chi connectivity index (χ3v) is 5.80. The summed E-state index contributed by atoms with van der Waals surface area (Å²) in [4.78, 5) is 9.16. The molecule has 3 rings (SSSR count). The van der Waals surface area contributed by atoms with Gasteiger partial charge in [-0.25, -0.2) is 4.98 Å². The zero-order valence-electron chi connectivity index (χ0n) is 10.9. The van der Waals surface area contributed by atoms with Crippen molar-refractivity contribution in [3.05, 3.63) is 31.9 Å². The number of rotatable bonds is 4. The molecule has 0 aliphatic heterocycles. The molecule has 2 aromatic heterocycles. The van der Waals surface area contributed by atoms with Gasteiger partial charge >= 0.3 is 0 Å². The predicted molar refractivity (Wildman–Crippen MR) is 83.7 cm³/mol. The van der Waals surface area contributed by atoms with Gasteiger partial charge in [0.25, 0.3) is 0 Å². The molecule has 0 radical (unpaired) electrons. The Morgan fingerprint density at radius 3 is 3.05 bits per heavy atom. The van der Waals surface area contributed by atoms with E-state index < -0.39 is 0 Å². The number of thiazole rings is 1. The lowest BCUT2D eigenvalue weighted by molar-refractivity contribution is 0.533. The van der Waals surface area contributed by atoms with Gasteiger partial charge in [-0.15, -0.1) is 22.7 Å². The maximum Gasteiger partial charge on any atom is 0.185 e. The summed E-state index contributed by atoms with van der Waals surface area (Å²) in [6.45, 7) is 0.878. The van der Waals surface area contributed by atoms with Crippen LogP contribution in [0.4, 0.5) is 5.13 Å². The second-order valence-corrected chi connectivity index (χ2v) is 7.77. The van der Waals surface area contributed by atoms with E-state index in [2.05, 4.69) is 16.4 Å². The first-order valence-corrected chi connectivity index (χ1v) is 8.28. The van der Waals surface area contributed by atoms with Crippen LogP contribution in [0.15, 0.2) is 12.3 Å². The third-order valence-electron chi connectivity index (χ3n) is 3.29. The molecule has 102 valence electrons. The summed E-state index contributed by atoms with van der Waals surface area (Å²) in [6.07, 6.45) is 4.29. The van der Waals surface area contributed by atoms with E-state index in [0.717, 1.165) is 22.4 Å². The first-order valence-electron chi connectivity index (χ1n) is 6.27. The van der Waals surface area contributed by atoms with E-state index in [-0.39, 0.29) is 0 Å². The highest BCUT2D eigenvalue weighted by atomic mass is 35.5. The molecule has 1 N–H and O–H groups in total. The van der Waals surface area contributed by atoms with Gasteiger partial charge in [-0.2, -0.15) is 0 Å². The largest absolute Gasteiger partial charge is 0.354 e. The predicted octanol–water partition coefficient (Wildman–Crippen LogP) is 3.70. The van der Waals surface area contributed by atoms with E-state index in [0.29, 0.717) is 6.04 Å². The van der Waals surface area contributed by atoms with Crippen molar-refractivity contribution in [3.8, 4) is 0 Å². The molecule has 0 spiro atoms. The Balaban J connectivity index is 1.63. The van der Waals surface area contributed by atoms with Crippen LogP contribution in [0.3, 0.4) is 0 Å². The molecule has 0 unspecified atom stereocenters. The van der Waals surface area contributed by atoms with E-state index in [1.54, 1.807) is 22.7 Å². The van der Waals surface area contributed by atoms with Crippen LogP contribution in [0.2, 0.25) is 4.34 Å². The van der Waals surface area contributed by atoms with Crippen LogP contribution in [-0.4, -0.2) is 19.1 Å². The molecule has 19 heavy (non-hydrogen) atoms. The minimum atomic E-state index is 0.448. The summed E-state index contributed by atoms with van der Waals surface area (Å²) in [5, 5.41) is 4.68. The van der Waals surface area contributed by atoms with Gasteiger partial charge in [0.1, 0.15) is 0 Å². The number of hydrogen-bond acceptors (Lipinski definition) is 5. The minimum absolute atomic E-state index is 0.448. The Labute approximate surface area is 126 Å². The molecule has 0 saturated heterocycles. The van der Waals surface area contributed by atoms with Gasteiger partial charge in [-0.3, -0.25) is 0 Å². The Morgan fingerprint density at radius 2 is 2.32 bits per heavy atom. The highest BCUT2D eigenvalue weighted by molar-refractivity contribution is 7.16. The lowest BCUT2D eigenvalue weighted by Gasteiger charge is -2.11. The zero-order valence-corrected chi connectivity index (χ0v) is 13.3. The van der Waals surface area contributed by atoms with Crippen LogP contribution >= 0.6 is 34.3 Å². The Hall–Kier alpha value is -0.620. The first-order chi connectivity index (χ1) is 9.13. The van der Waals surface area contributed by atoms with Gasteiger partial charge in [0.2, 0.25) is 0 Å². The van der Waals surface area contributed by atoms with Crippen LogP contribution in [0, 0.1) is 0 Å². The number of nitrogens with zero attached hydrogens (tertiary/aromatic N) is 2. The molecular weight excluding hydrogens is 298 g/mol. The van der Waals surface area contributed by atoms with Crippen LogP contribution in [0.25, 0.3) is 0 Å². The normalized spacial score (nSPS) is 17.7. The van der Waals surface area contributed by atoms with Crippen molar-refractivity contribution in [3.63, 3.8) is 0 Å². The fraction of sp³-hybridized carbons (Fsp3) is 0.462. The molecule has 1 atom stereocenters. The number of thiophene rings is 1. The van der Waals surface area contributed by atoms with Gasteiger partial charge in [0.05, 0.1) is 4.34 Å². The molecule has 0 amide bonds. The lowest BCUT2D eigenvalue weighted by atomic mass is 10.2. The fourth-order valence-corrected chi connectivity index (χ4v) is 4.49. The molecule has 0 aromatic carbocycles. The van der Waals surface area contributed by atoms with Crippen molar-refractivity contribution < 1.29 is 0 Å². The summed E-state index contributed by atoms with van der Waals surface area (Å²) in [5.41, 5.74) is 1.40. The van der Waals surface area contributed by atoms with Crippen molar-refractivity contribution in [2.75, 3.05) is 19.0 Å². The molecule has 3 nitrogen and oxygen atoms in total. The van der Waals surface area contributed by atoms with E-state index in [9.17, 15) is 0 Å². The van der Waals surface area contributed by atoms with Crippen molar-refractivity contribution >= 4 is 39.4 Å². The van der Waals surface area contributed by atoms with Gasteiger partial charge in [-0.1, -0.05) is 11.6 Å². The summed E-state index contributed by atoms with van der Waals surface area (Å²) in [7, 11) is 4.04. The molecule has 6 heteroatoms. The fourth-order valence-electron chi connectivity index (χ4n) is 2.35. The molecule has 1 aliphatic rings.